The maximum absolute atomic E-state index is 5.80. The van der Waals surface area contributed by atoms with Crippen molar-refractivity contribution >= 4 is 0 Å². The number of rotatable bonds is 22. The van der Waals surface area contributed by atoms with Gasteiger partial charge in [-0.2, -0.15) is 0 Å². The minimum absolute atomic E-state index is 0.194. The fourth-order valence-corrected chi connectivity index (χ4v) is 3.17. The molecule has 0 aromatic heterocycles. The van der Waals surface area contributed by atoms with Gasteiger partial charge in [0.25, 0.3) is 0 Å². The molecule has 0 aliphatic carbocycles. The Labute approximate surface area is 205 Å². The molecule has 0 rings (SSSR count). The van der Waals surface area contributed by atoms with Crippen molar-refractivity contribution < 1.29 is 0 Å². The molecule has 0 fully saturated rings. The molecule has 200 valence electrons. The lowest BCUT2D eigenvalue weighted by atomic mass is 10.2. The summed E-state index contributed by atoms with van der Waals surface area (Å²) in [6.45, 7) is 24.7. The van der Waals surface area contributed by atoms with Gasteiger partial charge in [-0.3, -0.25) is 0 Å². The SMILES string of the molecule is CC(N)CNC(C)CNC(C)CNC(C)CNC(C)CNC(C)CNC(C)CNC(C)CN. The highest BCUT2D eigenvalue weighted by Gasteiger charge is 2.11. The summed E-state index contributed by atoms with van der Waals surface area (Å²) in [5.41, 5.74) is 11.4. The van der Waals surface area contributed by atoms with Crippen molar-refractivity contribution in [3.05, 3.63) is 0 Å². The first-order chi connectivity index (χ1) is 15.5. The summed E-state index contributed by atoms with van der Waals surface area (Å²) in [4.78, 5) is 0. The van der Waals surface area contributed by atoms with Crippen LogP contribution in [0.3, 0.4) is 0 Å². The first-order valence-electron chi connectivity index (χ1n) is 13.1. The zero-order valence-corrected chi connectivity index (χ0v) is 22.9. The van der Waals surface area contributed by atoms with Gasteiger partial charge in [-0.25, -0.2) is 0 Å². The molecule has 0 bridgehead atoms. The highest BCUT2D eigenvalue weighted by molar-refractivity contribution is 4.77. The third-order valence-electron chi connectivity index (χ3n) is 5.78. The van der Waals surface area contributed by atoms with Crippen LogP contribution in [-0.4, -0.2) is 101 Å². The zero-order valence-electron chi connectivity index (χ0n) is 22.9. The topological polar surface area (TPSA) is 136 Å². The minimum atomic E-state index is 0.194. The number of hydrogen-bond donors (Lipinski definition) is 9. The van der Waals surface area contributed by atoms with Gasteiger partial charge in [0.1, 0.15) is 0 Å². The van der Waals surface area contributed by atoms with Gasteiger partial charge >= 0.3 is 0 Å². The van der Waals surface area contributed by atoms with Crippen LogP contribution in [0.5, 0.6) is 0 Å². The van der Waals surface area contributed by atoms with Crippen LogP contribution < -0.4 is 48.7 Å². The first kappa shape index (κ1) is 32.6. The van der Waals surface area contributed by atoms with E-state index in [1.54, 1.807) is 0 Å². The van der Waals surface area contributed by atoms with Crippen molar-refractivity contribution in [1.82, 2.24) is 37.2 Å². The van der Waals surface area contributed by atoms with Gasteiger partial charge in [0, 0.05) is 101 Å². The first-order valence-corrected chi connectivity index (χ1v) is 13.1. The molecule has 0 aromatic rings. The van der Waals surface area contributed by atoms with Crippen LogP contribution in [0.2, 0.25) is 0 Å². The van der Waals surface area contributed by atoms with Crippen LogP contribution in [0.1, 0.15) is 55.4 Å². The van der Waals surface area contributed by atoms with E-state index in [2.05, 4.69) is 85.7 Å². The molecule has 9 heteroatoms. The van der Waals surface area contributed by atoms with E-state index in [1.807, 2.05) is 6.92 Å². The van der Waals surface area contributed by atoms with E-state index < -0.39 is 0 Å². The van der Waals surface area contributed by atoms with E-state index in [-0.39, 0.29) is 6.04 Å². The Morgan fingerprint density at radius 3 is 0.818 bits per heavy atom. The molecule has 9 nitrogen and oxygen atoms in total. The van der Waals surface area contributed by atoms with E-state index >= 15 is 0 Å². The summed E-state index contributed by atoms with van der Waals surface area (Å²) >= 11 is 0. The zero-order chi connectivity index (χ0) is 25.2. The fraction of sp³-hybridized carbons (Fsp3) is 1.00. The average molecular weight is 474 g/mol. The van der Waals surface area contributed by atoms with Crippen molar-refractivity contribution in [3.8, 4) is 0 Å². The molecular formula is C24H59N9. The highest BCUT2D eigenvalue weighted by atomic mass is 15.1. The quantitative estimate of drug-likeness (QED) is 0.0984. The molecule has 0 aliphatic heterocycles. The summed E-state index contributed by atoms with van der Waals surface area (Å²) in [5.74, 6) is 0. The second-order valence-corrected chi connectivity index (χ2v) is 10.4. The molecule has 0 spiro atoms. The molecule has 0 saturated carbocycles. The lowest BCUT2D eigenvalue weighted by Crippen LogP contribution is -2.50. The molecule has 8 atom stereocenters. The number of nitrogens with two attached hydrogens (primary N) is 2. The standard InChI is InChI=1S/C24H59N9/c1-17(26)10-27-19(3)12-29-21(5)14-31-23(7)16-33-24(8)15-32-22(6)13-30-20(4)11-28-18(2)9-25/h17-24,27-33H,9-16,25-26H2,1-8H3. The van der Waals surface area contributed by atoms with E-state index in [4.69, 9.17) is 11.5 Å². The Balaban J connectivity index is 3.81. The smallest absolute Gasteiger partial charge is 0.0164 e. The third kappa shape index (κ3) is 20.7. The minimum Gasteiger partial charge on any atom is -0.329 e. The lowest BCUT2D eigenvalue weighted by Gasteiger charge is -2.24. The highest BCUT2D eigenvalue weighted by Crippen LogP contribution is 1.90. The maximum Gasteiger partial charge on any atom is 0.0164 e. The van der Waals surface area contributed by atoms with Crippen LogP contribution in [-0.2, 0) is 0 Å². The van der Waals surface area contributed by atoms with Crippen LogP contribution in [0, 0.1) is 0 Å². The van der Waals surface area contributed by atoms with Crippen LogP contribution in [0.25, 0.3) is 0 Å². The molecule has 0 aromatic carbocycles. The summed E-state index contributed by atoms with van der Waals surface area (Å²) in [5, 5.41) is 24.9. The molecule has 33 heavy (non-hydrogen) atoms. The van der Waals surface area contributed by atoms with Crippen molar-refractivity contribution in [1.29, 1.82) is 0 Å². The van der Waals surface area contributed by atoms with Gasteiger partial charge in [-0.05, 0) is 55.4 Å². The predicted octanol–water partition coefficient (Wildman–Crippen LogP) is -0.861. The Morgan fingerprint density at radius 2 is 0.606 bits per heavy atom. The summed E-state index contributed by atoms with van der Waals surface area (Å²) in [6.07, 6.45) is 0. The van der Waals surface area contributed by atoms with Crippen molar-refractivity contribution in [2.24, 2.45) is 11.5 Å². The second-order valence-electron chi connectivity index (χ2n) is 10.4. The molecule has 0 radical (unpaired) electrons. The molecule has 11 N–H and O–H groups in total. The van der Waals surface area contributed by atoms with E-state index in [0.717, 1.165) is 45.8 Å². The van der Waals surface area contributed by atoms with Crippen molar-refractivity contribution in [2.75, 3.05) is 52.4 Å². The molecular weight excluding hydrogens is 414 g/mol. The van der Waals surface area contributed by atoms with E-state index in [9.17, 15) is 0 Å². The van der Waals surface area contributed by atoms with Gasteiger partial charge in [0.15, 0.2) is 0 Å². The normalized spacial score (nSPS) is 19.5. The van der Waals surface area contributed by atoms with Crippen molar-refractivity contribution in [2.45, 2.75) is 104 Å². The van der Waals surface area contributed by atoms with Gasteiger partial charge < -0.3 is 48.7 Å². The summed E-state index contributed by atoms with van der Waals surface area (Å²) < 4.78 is 0. The van der Waals surface area contributed by atoms with Crippen LogP contribution >= 0.6 is 0 Å². The Bertz CT molecular complexity index is 438. The second kappa shape index (κ2) is 19.9. The Kier molecular flexibility index (Phi) is 19.7. The molecule has 0 aliphatic rings. The average Bonchev–Trinajstić information content (AvgIpc) is 2.78. The molecule has 0 amide bonds. The molecule has 0 heterocycles. The third-order valence-corrected chi connectivity index (χ3v) is 5.78. The van der Waals surface area contributed by atoms with Crippen LogP contribution in [0.4, 0.5) is 0 Å². The fourth-order valence-electron chi connectivity index (χ4n) is 3.17. The van der Waals surface area contributed by atoms with Gasteiger partial charge in [0.05, 0.1) is 0 Å². The maximum atomic E-state index is 5.80. The Hall–Kier alpha value is -0.360. The molecule has 0 saturated heterocycles. The number of nitrogens with one attached hydrogen (secondary N) is 7. The monoisotopic (exact) mass is 473 g/mol. The van der Waals surface area contributed by atoms with Crippen molar-refractivity contribution in [3.63, 3.8) is 0 Å². The number of hydrogen-bond acceptors (Lipinski definition) is 9. The summed E-state index contributed by atoms with van der Waals surface area (Å²) in [7, 11) is 0. The summed E-state index contributed by atoms with van der Waals surface area (Å²) in [6, 6.07) is 3.11. The van der Waals surface area contributed by atoms with Gasteiger partial charge in [-0.15, -0.1) is 0 Å². The van der Waals surface area contributed by atoms with Gasteiger partial charge in [0.2, 0.25) is 0 Å². The lowest BCUT2D eigenvalue weighted by molar-refractivity contribution is 0.390. The van der Waals surface area contributed by atoms with Gasteiger partial charge in [-0.1, -0.05) is 0 Å². The van der Waals surface area contributed by atoms with E-state index in [1.165, 1.54) is 0 Å². The predicted molar refractivity (Wildman–Crippen MR) is 145 cm³/mol. The van der Waals surface area contributed by atoms with Crippen LogP contribution in [0.15, 0.2) is 0 Å². The molecule has 8 unspecified atom stereocenters. The Morgan fingerprint density at radius 1 is 0.394 bits per heavy atom. The largest absolute Gasteiger partial charge is 0.329 e. The van der Waals surface area contributed by atoms with E-state index in [0.29, 0.717) is 48.8 Å².